The Morgan fingerprint density at radius 2 is 2.24 bits per heavy atom. The zero-order valence-electron chi connectivity index (χ0n) is 9.81. The van der Waals surface area contributed by atoms with Gasteiger partial charge in [0, 0.05) is 6.54 Å². The predicted octanol–water partition coefficient (Wildman–Crippen LogP) is -0.00790. The van der Waals surface area contributed by atoms with Crippen molar-refractivity contribution in [1.82, 2.24) is 5.32 Å². The summed E-state index contributed by atoms with van der Waals surface area (Å²) in [6, 6.07) is 0. The largest absolute Gasteiger partial charge is 0.393 e. The first-order chi connectivity index (χ1) is 7.88. The van der Waals surface area contributed by atoms with Gasteiger partial charge in [-0.15, -0.1) is 0 Å². The minimum absolute atomic E-state index is 0.152. The van der Waals surface area contributed by atoms with Crippen molar-refractivity contribution in [1.29, 1.82) is 0 Å². The van der Waals surface area contributed by atoms with Crippen molar-refractivity contribution in [2.75, 3.05) is 12.3 Å². The van der Waals surface area contributed by atoms with E-state index in [2.05, 4.69) is 5.32 Å². The van der Waals surface area contributed by atoms with Gasteiger partial charge >= 0.3 is 0 Å². The van der Waals surface area contributed by atoms with Gasteiger partial charge in [0.05, 0.1) is 21.9 Å². The number of hydrogen-bond acceptors (Lipinski definition) is 4. The van der Waals surface area contributed by atoms with Crippen LogP contribution in [0, 0.1) is 5.92 Å². The Bertz CT molecular complexity index is 406. The smallest absolute Gasteiger partial charge is 0.229 e. The molecule has 1 amide bonds. The quantitative estimate of drug-likeness (QED) is 0.691. The minimum Gasteiger partial charge on any atom is -0.393 e. The lowest BCUT2D eigenvalue weighted by atomic mass is 10.1. The van der Waals surface area contributed by atoms with Crippen LogP contribution in [0.25, 0.3) is 0 Å². The Hall–Kier alpha value is -0.690. The first kappa shape index (κ1) is 14.4. The van der Waals surface area contributed by atoms with Gasteiger partial charge in [-0.25, -0.2) is 8.42 Å². The molecule has 5 nitrogen and oxygen atoms in total. The third kappa shape index (κ3) is 3.64. The Morgan fingerprint density at radius 1 is 1.59 bits per heavy atom. The highest BCUT2D eigenvalue weighted by molar-refractivity contribution is 7.92. The molecule has 0 aliphatic carbocycles. The lowest BCUT2D eigenvalue weighted by molar-refractivity contribution is -0.123. The highest BCUT2D eigenvalue weighted by Crippen LogP contribution is 2.19. The van der Waals surface area contributed by atoms with Crippen LogP contribution in [0.4, 0.5) is 0 Å². The summed E-state index contributed by atoms with van der Waals surface area (Å²) < 4.78 is 23.1. The third-order valence-electron chi connectivity index (χ3n) is 3.03. The summed E-state index contributed by atoms with van der Waals surface area (Å²) in [7, 11) is -3.01. The van der Waals surface area contributed by atoms with Crippen molar-refractivity contribution in [3.63, 3.8) is 0 Å². The lowest BCUT2D eigenvalue weighted by Crippen LogP contribution is -2.41. The Balaban J connectivity index is 2.51. The number of nitrogens with one attached hydrogen (secondary N) is 1. The van der Waals surface area contributed by atoms with Crippen LogP contribution in [-0.2, 0) is 14.6 Å². The van der Waals surface area contributed by atoms with Crippen molar-refractivity contribution >= 4 is 33.0 Å². The molecule has 0 aromatic heterocycles. The zero-order valence-corrected chi connectivity index (χ0v) is 11.4. The fourth-order valence-corrected chi connectivity index (χ4v) is 3.98. The maximum atomic E-state index is 11.7. The monoisotopic (exact) mass is 278 g/mol. The number of hydrogen-bond donors (Lipinski definition) is 2. The summed E-state index contributed by atoms with van der Waals surface area (Å²) in [5.74, 6) is -0.559. The van der Waals surface area contributed by atoms with E-state index >= 15 is 0 Å². The SMILES string of the molecule is CCC(C(=O)NCC1CCCS1(=O)=O)C(N)=S. The number of carbonyl (C=O) groups excluding carboxylic acids is 1. The van der Waals surface area contributed by atoms with Gasteiger partial charge in [0.1, 0.15) is 0 Å². The second-order valence-corrected chi connectivity index (χ2v) is 7.11. The van der Waals surface area contributed by atoms with Crippen LogP contribution in [0.2, 0.25) is 0 Å². The molecule has 17 heavy (non-hydrogen) atoms. The van der Waals surface area contributed by atoms with Crippen molar-refractivity contribution < 1.29 is 13.2 Å². The van der Waals surface area contributed by atoms with Crippen LogP contribution >= 0.6 is 12.2 Å². The molecule has 1 fully saturated rings. The number of amides is 1. The van der Waals surface area contributed by atoms with Gasteiger partial charge in [0.25, 0.3) is 0 Å². The van der Waals surface area contributed by atoms with Crippen LogP contribution in [0.5, 0.6) is 0 Å². The zero-order chi connectivity index (χ0) is 13.1. The van der Waals surface area contributed by atoms with Crippen molar-refractivity contribution in [2.24, 2.45) is 11.7 Å². The first-order valence-corrected chi connectivity index (χ1v) is 7.79. The molecule has 0 saturated carbocycles. The molecule has 0 aromatic rings. The standard InChI is InChI=1S/C10H18N2O3S2/c1-2-8(9(11)16)10(13)12-6-7-4-3-5-17(7,14)15/h7-8H,2-6H2,1H3,(H2,11,16)(H,12,13). The van der Waals surface area contributed by atoms with E-state index in [1.54, 1.807) is 0 Å². The van der Waals surface area contributed by atoms with Gasteiger partial charge < -0.3 is 11.1 Å². The van der Waals surface area contributed by atoms with E-state index in [-0.39, 0.29) is 23.2 Å². The highest BCUT2D eigenvalue weighted by Gasteiger charge is 2.32. The van der Waals surface area contributed by atoms with Crippen molar-refractivity contribution in [3.8, 4) is 0 Å². The van der Waals surface area contributed by atoms with Gasteiger partial charge in [-0.2, -0.15) is 0 Å². The molecular formula is C10H18N2O3S2. The summed E-state index contributed by atoms with van der Waals surface area (Å²) in [5.41, 5.74) is 5.44. The fraction of sp³-hybridized carbons (Fsp3) is 0.800. The van der Waals surface area contributed by atoms with E-state index in [0.29, 0.717) is 19.3 Å². The highest BCUT2D eigenvalue weighted by atomic mass is 32.2. The van der Waals surface area contributed by atoms with E-state index in [1.807, 2.05) is 6.92 Å². The number of sulfone groups is 1. The number of nitrogens with two attached hydrogens (primary N) is 1. The summed E-state index contributed by atoms with van der Waals surface area (Å²) >= 11 is 4.79. The topological polar surface area (TPSA) is 89.3 Å². The second kappa shape index (κ2) is 5.77. The van der Waals surface area contributed by atoms with Gasteiger partial charge in [0.2, 0.25) is 5.91 Å². The van der Waals surface area contributed by atoms with Gasteiger partial charge in [-0.3, -0.25) is 4.79 Å². The Kier molecular flexibility index (Phi) is 4.88. The van der Waals surface area contributed by atoms with Crippen LogP contribution in [-0.4, -0.2) is 36.9 Å². The molecule has 0 aromatic carbocycles. The summed E-state index contributed by atoms with van der Waals surface area (Å²) in [4.78, 5) is 11.9. The van der Waals surface area contributed by atoms with E-state index < -0.39 is 21.0 Å². The summed E-state index contributed by atoms with van der Waals surface area (Å²) in [6.45, 7) is 1.98. The van der Waals surface area contributed by atoms with E-state index in [4.69, 9.17) is 18.0 Å². The van der Waals surface area contributed by atoms with E-state index in [0.717, 1.165) is 0 Å². The number of carbonyl (C=O) groups is 1. The molecule has 3 N–H and O–H groups in total. The molecule has 2 atom stereocenters. The van der Waals surface area contributed by atoms with Crippen LogP contribution in [0.15, 0.2) is 0 Å². The van der Waals surface area contributed by atoms with Gasteiger partial charge in [-0.05, 0) is 19.3 Å². The number of thiocarbonyl (C=S) groups is 1. The molecule has 1 saturated heterocycles. The molecule has 2 unspecified atom stereocenters. The van der Waals surface area contributed by atoms with Crippen LogP contribution in [0.3, 0.4) is 0 Å². The van der Waals surface area contributed by atoms with Crippen molar-refractivity contribution in [2.45, 2.75) is 31.4 Å². The third-order valence-corrected chi connectivity index (χ3v) is 5.60. The molecule has 1 rings (SSSR count). The predicted molar refractivity (Wildman–Crippen MR) is 70.4 cm³/mol. The fourth-order valence-electron chi connectivity index (χ4n) is 1.94. The molecule has 98 valence electrons. The van der Waals surface area contributed by atoms with E-state index in [1.165, 1.54) is 0 Å². The Morgan fingerprint density at radius 3 is 2.65 bits per heavy atom. The Labute approximate surface area is 107 Å². The summed E-state index contributed by atoms with van der Waals surface area (Å²) in [5, 5.41) is 2.18. The summed E-state index contributed by atoms with van der Waals surface area (Å²) in [6.07, 6.45) is 1.82. The number of rotatable bonds is 5. The molecule has 1 aliphatic rings. The van der Waals surface area contributed by atoms with Crippen LogP contribution in [0.1, 0.15) is 26.2 Å². The average molecular weight is 278 g/mol. The maximum Gasteiger partial charge on any atom is 0.229 e. The first-order valence-electron chi connectivity index (χ1n) is 5.67. The average Bonchev–Trinajstić information content (AvgIpc) is 2.55. The van der Waals surface area contributed by atoms with Gasteiger partial charge in [-0.1, -0.05) is 19.1 Å². The van der Waals surface area contributed by atoms with Gasteiger partial charge in [0.15, 0.2) is 9.84 Å². The van der Waals surface area contributed by atoms with Crippen LogP contribution < -0.4 is 11.1 Å². The normalized spacial score (nSPS) is 24.2. The minimum atomic E-state index is -3.01. The lowest BCUT2D eigenvalue weighted by Gasteiger charge is -2.15. The molecular weight excluding hydrogens is 260 g/mol. The van der Waals surface area contributed by atoms with Crippen molar-refractivity contribution in [3.05, 3.63) is 0 Å². The molecule has 7 heteroatoms. The molecule has 0 bridgehead atoms. The second-order valence-electron chi connectivity index (χ2n) is 4.24. The molecule has 1 heterocycles. The maximum absolute atomic E-state index is 11.7. The molecule has 0 radical (unpaired) electrons. The van der Waals surface area contributed by atoms with E-state index in [9.17, 15) is 13.2 Å². The molecule has 0 spiro atoms. The molecule has 1 aliphatic heterocycles.